The van der Waals surface area contributed by atoms with Crippen LogP contribution in [0.3, 0.4) is 0 Å². The van der Waals surface area contributed by atoms with Crippen molar-refractivity contribution in [3.63, 3.8) is 0 Å². The molecular formula is C25H30ClF3N2O3. The van der Waals surface area contributed by atoms with Crippen LogP contribution >= 0.6 is 11.6 Å². The van der Waals surface area contributed by atoms with E-state index in [9.17, 15) is 22.8 Å². The molecule has 0 radical (unpaired) electrons. The number of piperidine rings is 1. The summed E-state index contributed by atoms with van der Waals surface area (Å²) in [6.07, 6.45) is -2.61. The van der Waals surface area contributed by atoms with Crippen LogP contribution in [0.2, 0.25) is 5.02 Å². The zero-order chi connectivity index (χ0) is 24.9. The van der Waals surface area contributed by atoms with E-state index in [1.54, 1.807) is 11.0 Å². The molecule has 3 aliphatic heterocycles. The fourth-order valence-electron chi connectivity index (χ4n) is 5.93. The maximum atomic E-state index is 13.8. The summed E-state index contributed by atoms with van der Waals surface area (Å²) in [5.41, 5.74) is -0.581. The zero-order valence-corrected chi connectivity index (χ0v) is 20.2. The lowest BCUT2D eigenvalue weighted by atomic mass is 9.64. The van der Waals surface area contributed by atoms with Crippen LogP contribution in [0.15, 0.2) is 36.9 Å². The lowest BCUT2D eigenvalue weighted by Gasteiger charge is -2.60. The second-order valence-electron chi connectivity index (χ2n) is 10.3. The third kappa shape index (κ3) is 4.47. The van der Waals surface area contributed by atoms with Crippen molar-refractivity contribution in [2.75, 3.05) is 26.2 Å². The Bertz CT molecular complexity index is 972. The van der Waals surface area contributed by atoms with Gasteiger partial charge in [0.15, 0.2) is 0 Å². The minimum Gasteiger partial charge on any atom is -0.375 e. The summed E-state index contributed by atoms with van der Waals surface area (Å²) in [5, 5.41) is 0.593. The molecule has 3 aliphatic rings. The van der Waals surface area contributed by atoms with Crippen LogP contribution in [0.25, 0.3) is 0 Å². The number of carbonyl (C=O) groups is 2. The highest BCUT2D eigenvalue weighted by Gasteiger charge is 2.65. The second kappa shape index (κ2) is 8.86. The van der Waals surface area contributed by atoms with Gasteiger partial charge < -0.3 is 14.5 Å². The molecule has 0 unspecified atom stereocenters. The largest absolute Gasteiger partial charge is 0.409 e. The van der Waals surface area contributed by atoms with Gasteiger partial charge in [0.1, 0.15) is 6.04 Å². The number of halogens is 4. The van der Waals surface area contributed by atoms with Gasteiger partial charge in [0.2, 0.25) is 11.8 Å². The first-order chi connectivity index (χ1) is 15.9. The summed E-state index contributed by atoms with van der Waals surface area (Å²) >= 11 is 6.47. The van der Waals surface area contributed by atoms with Gasteiger partial charge in [-0.25, -0.2) is 0 Å². The van der Waals surface area contributed by atoms with Crippen LogP contribution in [0.1, 0.15) is 44.6 Å². The van der Waals surface area contributed by atoms with Gasteiger partial charge >= 0.3 is 6.18 Å². The van der Waals surface area contributed by atoms with Gasteiger partial charge in [-0.05, 0) is 50.8 Å². The number of ether oxygens (including phenoxy) is 1. The summed E-state index contributed by atoms with van der Waals surface area (Å²) in [6.45, 7) is 7.98. The maximum absolute atomic E-state index is 13.8. The number of hydrogen-bond donors (Lipinski definition) is 0. The average molecular weight is 499 g/mol. The third-order valence-electron chi connectivity index (χ3n) is 7.69. The number of rotatable bonds is 3. The van der Waals surface area contributed by atoms with Crippen molar-refractivity contribution in [1.29, 1.82) is 0 Å². The standard InChI is InChI=1S/C25H30ClF3N2O3/c1-4-20(32)31-15-24(22(31)25(27,28)29)9-11-30(12-10-24)21(33)18-14-34-23(2,3)13-17(18)16-7-5-6-8-19(16)26/h4-8,17-18,22H,1,9-15H2,2-3H3/t17-,18+,22-/m1/s1. The van der Waals surface area contributed by atoms with Gasteiger partial charge in [0.05, 0.1) is 18.1 Å². The summed E-state index contributed by atoms with van der Waals surface area (Å²) < 4.78 is 47.5. The van der Waals surface area contributed by atoms with E-state index in [4.69, 9.17) is 16.3 Å². The van der Waals surface area contributed by atoms with Gasteiger partial charge in [0.25, 0.3) is 0 Å². The van der Waals surface area contributed by atoms with Gasteiger partial charge in [-0.2, -0.15) is 13.2 Å². The van der Waals surface area contributed by atoms with E-state index in [-0.39, 0.29) is 50.9 Å². The highest BCUT2D eigenvalue weighted by molar-refractivity contribution is 6.31. The highest BCUT2D eigenvalue weighted by atomic mass is 35.5. The molecule has 0 N–H and O–H groups in total. The Labute approximate surface area is 202 Å². The van der Waals surface area contributed by atoms with Crippen molar-refractivity contribution in [2.24, 2.45) is 11.3 Å². The van der Waals surface area contributed by atoms with Crippen LogP contribution in [0.5, 0.6) is 0 Å². The Morgan fingerprint density at radius 3 is 2.44 bits per heavy atom. The van der Waals surface area contributed by atoms with E-state index >= 15 is 0 Å². The van der Waals surface area contributed by atoms with E-state index in [2.05, 4.69) is 6.58 Å². The van der Waals surface area contributed by atoms with Crippen LogP contribution in [-0.2, 0) is 14.3 Å². The summed E-state index contributed by atoms with van der Waals surface area (Å²) in [4.78, 5) is 28.0. The molecule has 3 atom stereocenters. The van der Waals surface area contributed by atoms with E-state index in [0.29, 0.717) is 11.4 Å². The first-order valence-corrected chi connectivity index (χ1v) is 11.9. The van der Waals surface area contributed by atoms with E-state index < -0.39 is 35.1 Å². The topological polar surface area (TPSA) is 49.9 Å². The monoisotopic (exact) mass is 498 g/mol. The first kappa shape index (κ1) is 25.0. The predicted molar refractivity (Wildman–Crippen MR) is 122 cm³/mol. The molecule has 3 saturated heterocycles. The number of nitrogens with zero attached hydrogens (tertiary/aromatic N) is 2. The Hall–Kier alpha value is -2.06. The number of likely N-dealkylation sites (tertiary alicyclic amines) is 2. The van der Waals surface area contributed by atoms with Crippen molar-refractivity contribution in [2.45, 2.75) is 56.8 Å². The minimum atomic E-state index is -4.53. The van der Waals surface area contributed by atoms with Crippen LogP contribution in [0, 0.1) is 11.3 Å². The lowest BCUT2D eigenvalue weighted by Crippen LogP contribution is -2.73. The maximum Gasteiger partial charge on any atom is 0.409 e. The predicted octanol–water partition coefficient (Wildman–Crippen LogP) is 4.81. The second-order valence-corrected chi connectivity index (χ2v) is 10.7. The quantitative estimate of drug-likeness (QED) is 0.562. The van der Waals surface area contributed by atoms with Gasteiger partial charge in [-0.15, -0.1) is 0 Å². The number of amides is 2. The summed E-state index contributed by atoms with van der Waals surface area (Å²) in [6, 6.07) is 5.62. The molecule has 1 spiro atoms. The lowest BCUT2D eigenvalue weighted by molar-refractivity contribution is -0.264. The summed E-state index contributed by atoms with van der Waals surface area (Å²) in [7, 11) is 0. The van der Waals surface area contributed by atoms with Crippen molar-refractivity contribution >= 4 is 23.4 Å². The number of benzene rings is 1. The molecule has 3 fully saturated rings. The molecule has 3 heterocycles. The molecule has 186 valence electrons. The average Bonchev–Trinajstić information content (AvgIpc) is 2.75. The molecule has 1 aromatic carbocycles. The SMILES string of the molecule is C=CC(=O)N1CC2(CCN(C(=O)[C@H]3COC(C)(C)C[C@@H]3c3ccccc3Cl)CC2)[C@@H]1C(F)(F)F. The minimum absolute atomic E-state index is 0.0348. The normalized spacial score (nSPS) is 28.4. The van der Waals surface area contributed by atoms with Crippen molar-refractivity contribution in [1.82, 2.24) is 9.80 Å². The fourth-order valence-corrected chi connectivity index (χ4v) is 6.20. The van der Waals surface area contributed by atoms with Crippen LogP contribution < -0.4 is 0 Å². The molecule has 1 aromatic rings. The molecule has 0 bridgehead atoms. The molecular weight excluding hydrogens is 469 g/mol. The molecule has 34 heavy (non-hydrogen) atoms. The molecule has 0 aromatic heterocycles. The van der Waals surface area contributed by atoms with Crippen molar-refractivity contribution in [3.8, 4) is 0 Å². The molecule has 2 amide bonds. The Morgan fingerprint density at radius 1 is 1.21 bits per heavy atom. The van der Waals surface area contributed by atoms with E-state index in [1.165, 1.54) is 0 Å². The van der Waals surface area contributed by atoms with Gasteiger partial charge in [-0.3, -0.25) is 9.59 Å². The van der Waals surface area contributed by atoms with Crippen LogP contribution in [-0.4, -0.2) is 65.7 Å². The first-order valence-electron chi connectivity index (χ1n) is 11.6. The zero-order valence-electron chi connectivity index (χ0n) is 19.4. The summed E-state index contributed by atoms with van der Waals surface area (Å²) in [5.74, 6) is -1.43. The fraction of sp³-hybridized carbons (Fsp3) is 0.600. The van der Waals surface area contributed by atoms with E-state index in [0.717, 1.165) is 16.5 Å². The number of alkyl halides is 3. The Kier molecular flexibility index (Phi) is 6.53. The Morgan fingerprint density at radius 2 is 1.85 bits per heavy atom. The molecule has 0 aliphatic carbocycles. The Balaban J connectivity index is 1.50. The molecule has 0 saturated carbocycles. The number of carbonyl (C=O) groups excluding carboxylic acids is 2. The number of hydrogen-bond acceptors (Lipinski definition) is 3. The van der Waals surface area contributed by atoms with Crippen molar-refractivity contribution < 1.29 is 27.5 Å². The molecule has 9 heteroatoms. The molecule has 5 nitrogen and oxygen atoms in total. The highest BCUT2D eigenvalue weighted by Crippen LogP contribution is 2.53. The molecule has 4 rings (SSSR count). The smallest absolute Gasteiger partial charge is 0.375 e. The third-order valence-corrected chi connectivity index (χ3v) is 8.03. The van der Waals surface area contributed by atoms with E-state index in [1.807, 2.05) is 32.0 Å². The van der Waals surface area contributed by atoms with Crippen molar-refractivity contribution in [3.05, 3.63) is 47.5 Å². The van der Waals surface area contributed by atoms with Gasteiger partial charge in [0, 0.05) is 36.0 Å². The van der Waals surface area contributed by atoms with Crippen LogP contribution in [0.4, 0.5) is 13.2 Å². The van der Waals surface area contributed by atoms with Gasteiger partial charge in [-0.1, -0.05) is 36.4 Å².